The maximum atomic E-state index is 14.0. The van der Waals surface area contributed by atoms with E-state index in [1.165, 1.54) is 6.33 Å². The molecule has 166 valence electrons. The number of H-pyrrole nitrogens is 1. The summed E-state index contributed by atoms with van der Waals surface area (Å²) in [4.78, 5) is 30.0. The number of nitrogens with one attached hydrogen (secondary N) is 2. The third-order valence-corrected chi connectivity index (χ3v) is 5.83. The van der Waals surface area contributed by atoms with Crippen molar-refractivity contribution in [1.82, 2.24) is 34.3 Å². The molecule has 2 N–H and O–H groups in total. The molecule has 4 aromatic heterocycles. The van der Waals surface area contributed by atoms with Gasteiger partial charge >= 0.3 is 0 Å². The van der Waals surface area contributed by atoms with Crippen molar-refractivity contribution in [2.45, 2.75) is 13.0 Å². The van der Waals surface area contributed by atoms with E-state index in [4.69, 9.17) is 0 Å². The van der Waals surface area contributed by atoms with Crippen molar-refractivity contribution in [2.75, 3.05) is 5.32 Å². The predicted molar refractivity (Wildman–Crippen MR) is 130 cm³/mol. The van der Waals surface area contributed by atoms with Crippen LogP contribution in [0.4, 0.5) is 5.82 Å². The van der Waals surface area contributed by atoms with E-state index in [-0.39, 0.29) is 11.6 Å². The van der Waals surface area contributed by atoms with E-state index in [0.717, 1.165) is 22.5 Å². The molecule has 6 aromatic rings. The number of nitrogens with zero attached hydrogens (tertiary/aromatic N) is 6. The lowest BCUT2D eigenvalue weighted by Gasteiger charge is -2.22. The lowest BCUT2D eigenvalue weighted by Crippen LogP contribution is -2.26. The van der Waals surface area contributed by atoms with Crippen LogP contribution in [0.2, 0.25) is 0 Å². The molecule has 1 atom stereocenters. The Labute approximate surface area is 193 Å². The standard InChI is InChI=1S/C25H20N8O/c1-16(31-24-22-23(27-14-26-22)28-15-29-24)20-13-17-7-5-10-19(32-12-6-11-30-32)21(17)25(34)33(20)18-8-3-2-4-9-18/h2-16H,1H3,(H2,26,27,28,29,31)/t16-/m0/s1. The second-order valence-electron chi connectivity index (χ2n) is 7.93. The van der Waals surface area contributed by atoms with Crippen molar-refractivity contribution in [3.8, 4) is 11.4 Å². The molecule has 0 spiro atoms. The highest BCUT2D eigenvalue weighted by atomic mass is 16.1. The van der Waals surface area contributed by atoms with Crippen LogP contribution in [-0.4, -0.2) is 34.3 Å². The summed E-state index contributed by atoms with van der Waals surface area (Å²) < 4.78 is 3.46. The SMILES string of the molecule is C[C@H](Nc1ncnc2[nH]cnc12)c1cc2cccc(-n3cccn3)c2c(=O)n1-c1ccccc1. The first-order valence-corrected chi connectivity index (χ1v) is 10.9. The Balaban J connectivity index is 1.58. The van der Waals surface area contributed by atoms with Crippen LogP contribution in [0.25, 0.3) is 33.3 Å². The Morgan fingerprint density at radius 1 is 1.00 bits per heavy atom. The normalized spacial score (nSPS) is 12.3. The van der Waals surface area contributed by atoms with Gasteiger partial charge in [0.2, 0.25) is 0 Å². The van der Waals surface area contributed by atoms with E-state index in [0.29, 0.717) is 22.4 Å². The Hall–Kier alpha value is -4.79. The molecular formula is C25H20N8O. The Bertz CT molecular complexity index is 1670. The van der Waals surface area contributed by atoms with Crippen LogP contribution in [0.3, 0.4) is 0 Å². The molecule has 0 aliphatic heterocycles. The average molecular weight is 448 g/mol. The van der Waals surface area contributed by atoms with Crippen LogP contribution in [0, 0.1) is 0 Å². The highest BCUT2D eigenvalue weighted by molar-refractivity contribution is 5.90. The molecule has 0 aliphatic rings. The first kappa shape index (κ1) is 19.9. The molecule has 0 saturated heterocycles. The molecule has 34 heavy (non-hydrogen) atoms. The van der Waals surface area contributed by atoms with E-state index >= 15 is 0 Å². The van der Waals surface area contributed by atoms with Gasteiger partial charge in [-0.25, -0.2) is 19.6 Å². The molecule has 0 fully saturated rings. The first-order valence-electron chi connectivity index (χ1n) is 10.9. The van der Waals surface area contributed by atoms with E-state index in [1.54, 1.807) is 21.8 Å². The van der Waals surface area contributed by atoms with Gasteiger partial charge in [0.1, 0.15) is 11.8 Å². The fourth-order valence-electron chi connectivity index (χ4n) is 4.28. The smallest absolute Gasteiger partial charge is 0.265 e. The van der Waals surface area contributed by atoms with Gasteiger partial charge in [0.05, 0.1) is 23.4 Å². The second kappa shape index (κ2) is 7.96. The predicted octanol–water partition coefficient (Wildman–Crippen LogP) is 4.02. The molecule has 4 heterocycles. The highest BCUT2D eigenvalue weighted by Gasteiger charge is 2.20. The molecule has 0 bridgehead atoms. The van der Waals surface area contributed by atoms with Gasteiger partial charge in [-0.2, -0.15) is 5.10 Å². The number of hydrogen-bond acceptors (Lipinski definition) is 6. The van der Waals surface area contributed by atoms with E-state index < -0.39 is 0 Å². The largest absolute Gasteiger partial charge is 0.360 e. The first-order chi connectivity index (χ1) is 16.7. The average Bonchev–Trinajstić information content (AvgIpc) is 3.57. The number of pyridine rings is 1. The van der Waals surface area contributed by atoms with Gasteiger partial charge < -0.3 is 10.3 Å². The van der Waals surface area contributed by atoms with Gasteiger partial charge in [-0.3, -0.25) is 9.36 Å². The van der Waals surface area contributed by atoms with Crippen LogP contribution < -0.4 is 10.9 Å². The summed E-state index contributed by atoms with van der Waals surface area (Å²) in [5.74, 6) is 0.594. The van der Waals surface area contributed by atoms with Gasteiger partial charge in [-0.05, 0) is 42.6 Å². The van der Waals surface area contributed by atoms with E-state index in [9.17, 15) is 4.79 Å². The van der Waals surface area contributed by atoms with Crippen molar-refractivity contribution >= 4 is 27.8 Å². The van der Waals surface area contributed by atoms with Crippen molar-refractivity contribution in [2.24, 2.45) is 0 Å². The molecule has 6 rings (SSSR count). The monoisotopic (exact) mass is 448 g/mol. The van der Waals surface area contributed by atoms with Crippen LogP contribution in [0.5, 0.6) is 0 Å². The van der Waals surface area contributed by atoms with Crippen molar-refractivity contribution < 1.29 is 0 Å². The second-order valence-corrected chi connectivity index (χ2v) is 7.93. The zero-order chi connectivity index (χ0) is 23.1. The Kier molecular flexibility index (Phi) is 4.65. The summed E-state index contributed by atoms with van der Waals surface area (Å²) in [6.45, 7) is 2.00. The number of para-hydroxylation sites is 1. The molecule has 0 saturated carbocycles. The number of rotatable bonds is 5. The summed E-state index contributed by atoms with van der Waals surface area (Å²) >= 11 is 0. The van der Waals surface area contributed by atoms with E-state index in [1.807, 2.05) is 73.8 Å². The third kappa shape index (κ3) is 3.22. The minimum absolute atomic E-state index is 0.119. The lowest BCUT2D eigenvalue weighted by molar-refractivity contribution is 0.773. The van der Waals surface area contributed by atoms with Crippen molar-refractivity contribution in [1.29, 1.82) is 0 Å². The number of aromatic nitrogens is 7. The van der Waals surface area contributed by atoms with Crippen molar-refractivity contribution in [3.63, 3.8) is 0 Å². The van der Waals surface area contributed by atoms with Crippen LogP contribution >= 0.6 is 0 Å². The van der Waals surface area contributed by atoms with Gasteiger partial charge in [-0.1, -0.05) is 30.3 Å². The minimum atomic E-state index is -0.263. The lowest BCUT2D eigenvalue weighted by atomic mass is 10.1. The number of anilines is 1. The van der Waals surface area contributed by atoms with Gasteiger partial charge in [0.15, 0.2) is 11.5 Å². The zero-order valence-electron chi connectivity index (χ0n) is 18.3. The summed E-state index contributed by atoms with van der Waals surface area (Å²) in [7, 11) is 0. The van der Waals surface area contributed by atoms with Gasteiger partial charge in [0.25, 0.3) is 5.56 Å². The maximum absolute atomic E-state index is 14.0. The molecule has 0 amide bonds. The third-order valence-electron chi connectivity index (χ3n) is 5.83. The summed E-state index contributed by atoms with van der Waals surface area (Å²) in [6, 6.07) is 19.0. The van der Waals surface area contributed by atoms with Crippen LogP contribution in [0.15, 0.2) is 90.5 Å². The van der Waals surface area contributed by atoms with Crippen molar-refractivity contribution in [3.05, 3.63) is 102 Å². The fourth-order valence-corrected chi connectivity index (χ4v) is 4.28. The molecule has 0 radical (unpaired) electrons. The molecule has 0 aliphatic carbocycles. The summed E-state index contributed by atoms with van der Waals surface area (Å²) in [5, 5.41) is 9.20. The maximum Gasteiger partial charge on any atom is 0.265 e. The number of aromatic amines is 1. The number of benzene rings is 2. The number of fused-ring (bicyclic) bond motifs is 2. The number of imidazole rings is 1. The fraction of sp³-hybridized carbons (Fsp3) is 0.0800. The summed E-state index contributed by atoms with van der Waals surface area (Å²) in [5.41, 5.74) is 3.48. The molecule has 9 heteroatoms. The van der Waals surface area contributed by atoms with E-state index in [2.05, 4.69) is 30.4 Å². The molecule has 0 unspecified atom stereocenters. The Morgan fingerprint density at radius 2 is 1.88 bits per heavy atom. The topological polar surface area (TPSA) is 106 Å². The van der Waals surface area contributed by atoms with Crippen LogP contribution in [0.1, 0.15) is 18.7 Å². The quantitative estimate of drug-likeness (QED) is 0.413. The summed E-state index contributed by atoms with van der Waals surface area (Å²) in [6.07, 6.45) is 6.61. The number of hydrogen-bond donors (Lipinski definition) is 2. The minimum Gasteiger partial charge on any atom is -0.360 e. The van der Waals surface area contributed by atoms with Gasteiger partial charge in [-0.15, -0.1) is 0 Å². The molecule has 2 aromatic carbocycles. The van der Waals surface area contributed by atoms with Crippen LogP contribution in [-0.2, 0) is 0 Å². The van der Waals surface area contributed by atoms with Gasteiger partial charge in [0, 0.05) is 23.8 Å². The highest BCUT2D eigenvalue weighted by Crippen LogP contribution is 2.27. The zero-order valence-corrected chi connectivity index (χ0v) is 18.3. The molecule has 9 nitrogen and oxygen atoms in total. The molecular weight excluding hydrogens is 428 g/mol. The Morgan fingerprint density at radius 3 is 2.71 bits per heavy atom.